The molecule has 0 saturated carbocycles. The monoisotopic (exact) mass is 313 g/mol. The fourth-order valence-electron chi connectivity index (χ4n) is 1.23. The maximum Gasteiger partial charge on any atom is 0.411 e. The van der Waals surface area contributed by atoms with Gasteiger partial charge in [-0.05, 0) is 33.6 Å². The lowest BCUT2D eigenvalue weighted by molar-refractivity contribution is -0.136. The molecule has 0 aliphatic heterocycles. The molecule has 0 spiro atoms. The predicted octanol–water partition coefficient (Wildman–Crippen LogP) is 2.81. The van der Waals surface area contributed by atoms with Gasteiger partial charge in [-0.3, -0.25) is 10.1 Å². The summed E-state index contributed by atoms with van der Waals surface area (Å²) in [7, 11) is 0. The van der Waals surface area contributed by atoms with E-state index < -0.39 is 12.1 Å². The molecule has 1 aromatic carbocycles. The molecule has 1 aromatic rings. The second kappa shape index (κ2) is 6.80. The van der Waals surface area contributed by atoms with Gasteiger partial charge < -0.3 is 9.84 Å². The van der Waals surface area contributed by atoms with E-state index in [1.54, 1.807) is 18.2 Å². The first-order valence-electron chi connectivity index (χ1n) is 5.08. The molecule has 0 heterocycles. The first kappa shape index (κ1) is 14.2. The number of ether oxygens (including phenoxy) is 1. The number of amides is 1. The average molecular weight is 314 g/mol. The van der Waals surface area contributed by atoms with E-state index in [1.807, 2.05) is 0 Å². The van der Waals surface area contributed by atoms with E-state index in [0.29, 0.717) is 15.7 Å². The lowest BCUT2D eigenvalue weighted by atomic mass is 10.1. The third-order valence-electron chi connectivity index (χ3n) is 1.96. The van der Waals surface area contributed by atoms with Crippen LogP contribution in [0, 0.1) is 0 Å². The highest BCUT2D eigenvalue weighted by Crippen LogP contribution is 2.24. The van der Waals surface area contributed by atoms with Gasteiger partial charge in [-0.2, -0.15) is 0 Å². The summed E-state index contributed by atoms with van der Waals surface area (Å²) in [6, 6.07) is 4.91. The van der Waals surface area contributed by atoms with Crippen LogP contribution in [0.4, 0.5) is 10.5 Å². The number of carbonyl (C=O) groups is 2. The Bertz CT molecular complexity index is 473. The Balaban J connectivity index is 2.77. The van der Waals surface area contributed by atoms with Gasteiger partial charge in [-0.1, -0.05) is 18.7 Å². The highest BCUT2D eigenvalue weighted by molar-refractivity contribution is 9.10. The summed E-state index contributed by atoms with van der Waals surface area (Å²) < 4.78 is 5.41. The van der Waals surface area contributed by atoms with Crippen LogP contribution in [0.15, 0.2) is 35.3 Å². The van der Waals surface area contributed by atoms with Crippen molar-refractivity contribution < 1.29 is 19.4 Å². The fraction of sp³-hybridized carbons (Fsp3) is 0.167. The minimum Gasteiger partial charge on any atom is -0.481 e. The molecule has 96 valence electrons. The Morgan fingerprint density at radius 2 is 2.22 bits per heavy atom. The minimum atomic E-state index is -0.933. The van der Waals surface area contributed by atoms with Crippen molar-refractivity contribution in [2.24, 2.45) is 0 Å². The van der Waals surface area contributed by atoms with Crippen molar-refractivity contribution in [3.8, 4) is 0 Å². The zero-order valence-corrected chi connectivity index (χ0v) is 11.1. The lowest BCUT2D eigenvalue weighted by Gasteiger charge is -2.08. The fourth-order valence-corrected chi connectivity index (χ4v) is 1.58. The average Bonchev–Trinajstić information content (AvgIpc) is 2.30. The first-order chi connectivity index (χ1) is 8.52. The molecule has 5 nitrogen and oxygen atoms in total. The molecule has 0 fully saturated rings. The van der Waals surface area contributed by atoms with E-state index in [0.717, 1.165) is 0 Å². The summed E-state index contributed by atoms with van der Waals surface area (Å²) in [6.07, 6.45) is 0.724. The van der Waals surface area contributed by atoms with Gasteiger partial charge in [0.25, 0.3) is 0 Å². The molecule has 0 aliphatic rings. The number of hydrogen-bond acceptors (Lipinski definition) is 3. The van der Waals surface area contributed by atoms with Crippen molar-refractivity contribution >= 4 is 33.7 Å². The van der Waals surface area contributed by atoms with E-state index in [2.05, 4.69) is 27.8 Å². The number of anilines is 1. The molecule has 18 heavy (non-hydrogen) atoms. The SMILES string of the molecule is C=CCOC(=O)Nc1cc(CC(=O)O)ccc1Br. The molecule has 2 N–H and O–H groups in total. The molecule has 0 aliphatic carbocycles. The molecular formula is C12H12BrNO4. The number of aliphatic carboxylic acids is 1. The zero-order chi connectivity index (χ0) is 13.5. The van der Waals surface area contributed by atoms with Crippen molar-refractivity contribution in [2.75, 3.05) is 11.9 Å². The van der Waals surface area contributed by atoms with Gasteiger partial charge in [0.2, 0.25) is 0 Å². The normalized spacial score (nSPS) is 9.61. The van der Waals surface area contributed by atoms with Crippen LogP contribution in [-0.2, 0) is 16.0 Å². The summed E-state index contributed by atoms with van der Waals surface area (Å²) in [4.78, 5) is 21.9. The van der Waals surface area contributed by atoms with E-state index in [9.17, 15) is 9.59 Å². The van der Waals surface area contributed by atoms with E-state index in [4.69, 9.17) is 9.84 Å². The third kappa shape index (κ3) is 4.58. The Hall–Kier alpha value is -1.82. The predicted molar refractivity (Wildman–Crippen MR) is 70.6 cm³/mol. The smallest absolute Gasteiger partial charge is 0.411 e. The quantitative estimate of drug-likeness (QED) is 0.820. The van der Waals surface area contributed by atoms with Crippen LogP contribution in [0.2, 0.25) is 0 Å². The van der Waals surface area contributed by atoms with E-state index in [1.165, 1.54) is 6.08 Å². The van der Waals surface area contributed by atoms with Crippen molar-refractivity contribution in [3.05, 3.63) is 40.9 Å². The van der Waals surface area contributed by atoms with Gasteiger partial charge in [-0.25, -0.2) is 4.79 Å². The Morgan fingerprint density at radius 3 is 2.83 bits per heavy atom. The highest BCUT2D eigenvalue weighted by Gasteiger charge is 2.08. The van der Waals surface area contributed by atoms with Crippen LogP contribution in [0.3, 0.4) is 0 Å². The molecule has 0 bridgehead atoms. The maximum absolute atomic E-state index is 11.3. The van der Waals surface area contributed by atoms with Crippen molar-refractivity contribution in [1.82, 2.24) is 0 Å². The van der Waals surface area contributed by atoms with Crippen LogP contribution in [-0.4, -0.2) is 23.8 Å². The van der Waals surface area contributed by atoms with Gasteiger partial charge in [0.05, 0.1) is 12.1 Å². The van der Waals surface area contributed by atoms with E-state index in [-0.39, 0.29) is 13.0 Å². The number of rotatable bonds is 5. The Morgan fingerprint density at radius 1 is 1.50 bits per heavy atom. The molecule has 0 radical (unpaired) electrons. The Kier molecular flexibility index (Phi) is 5.38. The van der Waals surface area contributed by atoms with Crippen LogP contribution in [0.5, 0.6) is 0 Å². The van der Waals surface area contributed by atoms with Crippen molar-refractivity contribution in [1.29, 1.82) is 0 Å². The van der Waals surface area contributed by atoms with Crippen LogP contribution in [0.1, 0.15) is 5.56 Å². The molecule has 1 amide bonds. The first-order valence-corrected chi connectivity index (χ1v) is 5.87. The topological polar surface area (TPSA) is 75.6 Å². The number of carboxylic acids is 1. The van der Waals surface area contributed by atoms with Gasteiger partial charge in [0, 0.05) is 4.47 Å². The number of carbonyl (C=O) groups excluding carboxylic acids is 1. The highest BCUT2D eigenvalue weighted by atomic mass is 79.9. The number of nitrogens with one attached hydrogen (secondary N) is 1. The number of hydrogen-bond donors (Lipinski definition) is 2. The van der Waals surface area contributed by atoms with Crippen molar-refractivity contribution in [2.45, 2.75) is 6.42 Å². The number of carboxylic acid groups (broad SMARTS) is 1. The number of benzene rings is 1. The van der Waals surface area contributed by atoms with E-state index >= 15 is 0 Å². The van der Waals surface area contributed by atoms with Crippen LogP contribution < -0.4 is 5.32 Å². The van der Waals surface area contributed by atoms with Gasteiger partial charge in [-0.15, -0.1) is 0 Å². The zero-order valence-electron chi connectivity index (χ0n) is 9.48. The maximum atomic E-state index is 11.3. The van der Waals surface area contributed by atoms with Gasteiger partial charge in [0.1, 0.15) is 6.61 Å². The summed E-state index contributed by atoms with van der Waals surface area (Å²) in [5.74, 6) is -0.933. The lowest BCUT2D eigenvalue weighted by Crippen LogP contribution is -2.14. The van der Waals surface area contributed by atoms with Crippen molar-refractivity contribution in [3.63, 3.8) is 0 Å². The molecule has 6 heteroatoms. The van der Waals surface area contributed by atoms with Gasteiger partial charge in [0.15, 0.2) is 0 Å². The summed E-state index contributed by atoms with van der Waals surface area (Å²) in [5.41, 5.74) is 1.05. The molecule has 1 rings (SSSR count). The largest absolute Gasteiger partial charge is 0.481 e. The van der Waals surface area contributed by atoms with Crippen LogP contribution >= 0.6 is 15.9 Å². The second-order valence-corrected chi connectivity index (χ2v) is 4.25. The standard InChI is InChI=1S/C12H12BrNO4/c1-2-5-18-12(17)14-10-6-8(7-11(15)16)3-4-9(10)13/h2-4,6H,1,5,7H2,(H,14,17)(H,15,16). The second-order valence-electron chi connectivity index (χ2n) is 3.40. The Labute approximate surface area is 113 Å². The molecule has 0 saturated heterocycles. The molecule has 0 atom stereocenters. The molecule has 0 unspecified atom stereocenters. The molecular weight excluding hydrogens is 302 g/mol. The number of halogens is 1. The minimum absolute atomic E-state index is 0.107. The van der Waals surface area contributed by atoms with Crippen LogP contribution in [0.25, 0.3) is 0 Å². The van der Waals surface area contributed by atoms with Gasteiger partial charge >= 0.3 is 12.1 Å². The summed E-state index contributed by atoms with van der Waals surface area (Å²) in [6.45, 7) is 3.53. The summed E-state index contributed by atoms with van der Waals surface area (Å²) in [5, 5.41) is 11.2. The molecule has 0 aromatic heterocycles. The third-order valence-corrected chi connectivity index (χ3v) is 2.65. The summed E-state index contributed by atoms with van der Waals surface area (Å²) >= 11 is 3.26.